The van der Waals surface area contributed by atoms with Crippen LogP contribution in [0.1, 0.15) is 5.56 Å². The number of aromatic nitrogens is 1. The summed E-state index contributed by atoms with van der Waals surface area (Å²) in [6, 6.07) is 14.1. The summed E-state index contributed by atoms with van der Waals surface area (Å²) in [6.07, 6.45) is 3.52. The third-order valence-electron chi connectivity index (χ3n) is 1.85. The average Bonchev–Trinajstić information content (AvgIpc) is 2.19. The van der Waals surface area contributed by atoms with E-state index in [4.69, 9.17) is 0 Å². The van der Waals surface area contributed by atoms with Crippen LogP contribution in [-0.2, 0) is 1010 Å². The molecule has 0 aliphatic carbocycles. The normalized spacial score (nSPS) is 2.93. The van der Waals surface area contributed by atoms with E-state index in [1.165, 1.54) is 5.56 Å². The molecule has 0 aliphatic heterocycles. The standard InChI is InChI=1S/C12H9N.31Y/c1-10-4-2-5-11(8-10)12-6-3-7-13-9-12;;;;;;;;;;;;;;;;;;;;;;;;;;;;;;;/h2-4,7-9H,1H3;;;;;;;;;;;;;;;;;;;;;;;;;;;;;;;/q-2;;;;;;;;;;;;;;;;;;;;;;;;;;;;;;;. The Morgan fingerprint density at radius 2 is 0.614 bits per heavy atom. The van der Waals surface area contributed by atoms with Gasteiger partial charge in [-0.05, 0) is 0 Å². The summed E-state index contributed by atoms with van der Waals surface area (Å²) in [6.45, 7) is 2.06. The van der Waals surface area contributed by atoms with Gasteiger partial charge >= 0.3 is 0 Å². The zero-order chi connectivity index (χ0) is 9.10. The summed E-state index contributed by atoms with van der Waals surface area (Å²) in [5.74, 6) is 0. The van der Waals surface area contributed by atoms with Crippen LogP contribution in [0.5, 0.6) is 0 Å². The predicted octanol–water partition coefficient (Wildman–Crippen LogP) is 2.58. The van der Waals surface area contributed by atoms with E-state index in [-0.39, 0.29) is 1010 Å². The van der Waals surface area contributed by atoms with Gasteiger partial charge in [-0.3, -0.25) is 0 Å². The maximum Gasteiger partial charge on any atom is 0 e. The van der Waals surface area contributed by atoms with E-state index in [1.54, 1.807) is 12.4 Å². The minimum absolute atomic E-state index is 0. The number of aryl methyl sites for hydroxylation is 1. The van der Waals surface area contributed by atoms with Crippen LogP contribution in [-0.4, -0.2) is 4.98 Å². The Balaban J connectivity index is -0.00000000226. The molecule has 1 aromatic carbocycles. The molecule has 31 radical (unpaired) electrons. The molecule has 0 fully saturated rings. The molecular weight excluding hydrogens is 2910 g/mol. The number of rotatable bonds is 1. The molecule has 32 heteroatoms. The van der Waals surface area contributed by atoms with Crippen molar-refractivity contribution in [3.63, 3.8) is 0 Å². The molecule has 0 spiro atoms. The predicted molar refractivity (Wildman–Crippen MR) is 52.1 cm³/mol. The SMILES string of the molecule is Cc1cc[c-]c(-c2[c-]ccnc2)c1.[Y].[Y].[Y].[Y].[Y].[Y].[Y].[Y].[Y].[Y].[Y].[Y].[Y].[Y].[Y].[Y].[Y].[Y].[Y].[Y].[Y].[Y].[Y].[Y].[Y].[Y].[Y].[Y].[Y].[Y].[Y]. The first-order chi connectivity index (χ1) is 6.36. The molecule has 44 heavy (non-hydrogen) atoms. The van der Waals surface area contributed by atoms with E-state index < -0.39 is 0 Å². The number of nitrogens with zero attached hydrogens (tertiary/aromatic N) is 1. The van der Waals surface area contributed by atoms with Gasteiger partial charge in [0, 0.05) is 1010 Å². The van der Waals surface area contributed by atoms with E-state index in [0.29, 0.717) is 0 Å². The molecule has 0 aliphatic rings. The molecule has 157 valence electrons. The molecule has 0 saturated heterocycles. The van der Waals surface area contributed by atoms with Gasteiger partial charge in [-0.25, -0.2) is 11.1 Å². The van der Waals surface area contributed by atoms with Crippen LogP contribution in [0.25, 0.3) is 11.1 Å². The van der Waals surface area contributed by atoms with Gasteiger partial charge in [-0.15, -0.1) is 17.7 Å². The van der Waals surface area contributed by atoms with Crippen LogP contribution >= 0.6 is 0 Å². The molecule has 0 bridgehead atoms. The quantitative estimate of drug-likeness (QED) is 0.401. The van der Waals surface area contributed by atoms with Crippen molar-refractivity contribution >= 4 is 0 Å². The summed E-state index contributed by atoms with van der Waals surface area (Å²) in [5.41, 5.74) is 3.27. The van der Waals surface area contributed by atoms with Gasteiger partial charge in [-0.1, -0.05) is 19.3 Å². The number of benzene rings is 1. The number of pyridine rings is 1. The first-order valence-electron chi connectivity index (χ1n) is 4.17. The largest absolute Gasteiger partial charge is 0.370 e. The van der Waals surface area contributed by atoms with E-state index in [0.717, 1.165) is 11.1 Å². The van der Waals surface area contributed by atoms with E-state index in [2.05, 4.69) is 30.1 Å². The van der Waals surface area contributed by atoms with Crippen molar-refractivity contribution in [3.05, 3.63) is 54.4 Å². The molecule has 0 atom stereocenters. The molecule has 2 rings (SSSR count). The second kappa shape index (κ2) is 164. The third-order valence-corrected chi connectivity index (χ3v) is 1.85. The van der Waals surface area contributed by atoms with Gasteiger partial charge in [0.25, 0.3) is 0 Å². The molecule has 0 amide bonds. The molecule has 0 saturated carbocycles. The Morgan fingerprint density at radius 1 is 0.364 bits per heavy atom. The summed E-state index contributed by atoms with van der Waals surface area (Å²) in [7, 11) is 0. The Morgan fingerprint density at radius 3 is 0.818 bits per heavy atom. The second-order valence-electron chi connectivity index (χ2n) is 2.93. The van der Waals surface area contributed by atoms with Crippen molar-refractivity contribution in [2.75, 3.05) is 0 Å². The minimum atomic E-state index is 0. The van der Waals surface area contributed by atoms with Gasteiger partial charge in [-0.2, -0.15) is 24.3 Å². The van der Waals surface area contributed by atoms with Crippen molar-refractivity contribution in [1.82, 2.24) is 4.98 Å². The monoisotopic (exact) mass is 2920 g/mol. The van der Waals surface area contributed by atoms with Gasteiger partial charge in [0.15, 0.2) is 0 Å². The van der Waals surface area contributed by atoms with E-state index in [1.807, 2.05) is 18.2 Å². The van der Waals surface area contributed by atoms with Gasteiger partial charge in [0.1, 0.15) is 0 Å². The van der Waals surface area contributed by atoms with Crippen LogP contribution in [0.4, 0.5) is 0 Å². The zero-order valence-electron chi connectivity index (χ0n) is 25.3. The third kappa shape index (κ3) is 136. The first-order valence-corrected chi connectivity index (χ1v) is 4.17. The fourth-order valence-electron chi connectivity index (χ4n) is 1.21. The minimum Gasteiger partial charge on any atom is -0.370 e. The van der Waals surface area contributed by atoms with E-state index >= 15 is 0 Å². The fourth-order valence-corrected chi connectivity index (χ4v) is 1.21. The van der Waals surface area contributed by atoms with Crippen LogP contribution in [0.15, 0.2) is 36.7 Å². The molecule has 2 aromatic rings. The zero-order valence-corrected chi connectivity index (χ0v) is 113. The first kappa shape index (κ1) is 202. The average molecular weight is 2920 g/mol. The van der Waals surface area contributed by atoms with Crippen molar-refractivity contribution in [2.45, 2.75) is 6.92 Å². The van der Waals surface area contributed by atoms with Crippen molar-refractivity contribution in [3.8, 4) is 11.1 Å². The maximum absolute atomic E-state index is 4.04. The van der Waals surface area contributed by atoms with Gasteiger partial charge < -0.3 is 4.98 Å². The van der Waals surface area contributed by atoms with Crippen LogP contribution in [0, 0.1) is 19.1 Å². The van der Waals surface area contributed by atoms with Crippen molar-refractivity contribution < 1.29 is 1010 Å². The Bertz CT molecular complexity index is 431. The summed E-state index contributed by atoms with van der Waals surface area (Å²) in [5, 5.41) is 0. The molecule has 0 unspecified atom stereocenters. The van der Waals surface area contributed by atoms with Gasteiger partial charge in [0.2, 0.25) is 0 Å². The second-order valence-corrected chi connectivity index (χ2v) is 2.93. The number of hydrogen-bond acceptors (Lipinski definition) is 1. The van der Waals surface area contributed by atoms with Crippen LogP contribution in [0.3, 0.4) is 0 Å². The smallest absolute Gasteiger partial charge is 0 e. The maximum atomic E-state index is 4.04. The van der Waals surface area contributed by atoms with Crippen LogP contribution < -0.4 is 0 Å². The summed E-state index contributed by atoms with van der Waals surface area (Å²) in [4.78, 5) is 4.04. The molecule has 1 nitrogen and oxygen atoms in total. The Hall–Kier alpha value is 32.6. The topological polar surface area (TPSA) is 12.9 Å². The van der Waals surface area contributed by atoms with E-state index in [9.17, 15) is 0 Å². The number of hydrogen-bond donors (Lipinski definition) is 0. The fraction of sp³-hybridized carbons (Fsp3) is 0.0833. The Kier molecular flexibility index (Phi) is 753. The Labute approximate surface area is 1050 Å². The van der Waals surface area contributed by atoms with Crippen molar-refractivity contribution in [1.29, 1.82) is 0 Å². The summed E-state index contributed by atoms with van der Waals surface area (Å²) >= 11 is 0. The summed E-state index contributed by atoms with van der Waals surface area (Å²) < 4.78 is 0. The molecule has 1 aromatic heterocycles. The molecule has 0 N–H and O–H groups in total. The molecular formula is C12H9NY31-2. The molecule has 1 heterocycles. The van der Waals surface area contributed by atoms with Gasteiger partial charge in [0.05, 0.1) is 0 Å². The van der Waals surface area contributed by atoms with Crippen molar-refractivity contribution in [2.24, 2.45) is 0 Å². The van der Waals surface area contributed by atoms with Crippen LogP contribution in [0.2, 0.25) is 0 Å².